The maximum Gasteiger partial charge on any atom is 0.0602 e. The maximum atomic E-state index is 11.7. The van der Waals surface area contributed by atoms with Gasteiger partial charge in [0.2, 0.25) is 0 Å². The standard InChI is InChI=1S/C31H58O/c1-4-5-6-7-8-9-12-17-26-22-29(24(2)27-18-13-10-14-19-27)31(32)30(23-26)25(3)28-20-15-11-16-21-28/h24-32H,4-23H2,1-3H3. The third-order valence-electron chi connectivity index (χ3n) is 10.4. The third kappa shape index (κ3) is 7.74. The van der Waals surface area contributed by atoms with Crippen molar-refractivity contribution < 1.29 is 5.11 Å². The van der Waals surface area contributed by atoms with E-state index in [1.807, 2.05) is 0 Å². The Morgan fingerprint density at radius 1 is 0.625 bits per heavy atom. The van der Waals surface area contributed by atoms with Crippen LogP contribution in [0.5, 0.6) is 0 Å². The number of rotatable bonds is 12. The van der Waals surface area contributed by atoms with Crippen LogP contribution in [0.3, 0.4) is 0 Å². The van der Waals surface area contributed by atoms with Crippen molar-refractivity contribution in [3.8, 4) is 0 Å². The molecule has 0 bridgehead atoms. The summed E-state index contributed by atoms with van der Waals surface area (Å²) in [5, 5.41) is 11.7. The lowest BCUT2D eigenvalue weighted by Crippen LogP contribution is -2.46. The number of hydrogen-bond acceptors (Lipinski definition) is 1. The van der Waals surface area contributed by atoms with E-state index in [1.54, 1.807) is 0 Å². The van der Waals surface area contributed by atoms with Crippen LogP contribution in [0.2, 0.25) is 0 Å². The van der Waals surface area contributed by atoms with E-state index in [4.69, 9.17) is 0 Å². The molecule has 3 saturated carbocycles. The zero-order valence-electron chi connectivity index (χ0n) is 22.2. The monoisotopic (exact) mass is 446 g/mol. The minimum absolute atomic E-state index is 0.0332. The molecular weight excluding hydrogens is 388 g/mol. The van der Waals surface area contributed by atoms with Gasteiger partial charge in [0.05, 0.1) is 6.10 Å². The zero-order valence-corrected chi connectivity index (χ0v) is 22.2. The van der Waals surface area contributed by atoms with Gasteiger partial charge in [-0.2, -0.15) is 0 Å². The molecule has 0 aromatic rings. The average Bonchev–Trinajstić information content (AvgIpc) is 2.84. The highest BCUT2D eigenvalue weighted by Crippen LogP contribution is 2.48. The summed E-state index contributed by atoms with van der Waals surface area (Å²) in [5.41, 5.74) is 0. The van der Waals surface area contributed by atoms with Gasteiger partial charge in [0.25, 0.3) is 0 Å². The Bertz CT molecular complexity index is 441. The van der Waals surface area contributed by atoms with Gasteiger partial charge in [0, 0.05) is 0 Å². The van der Waals surface area contributed by atoms with Crippen molar-refractivity contribution in [2.24, 2.45) is 41.4 Å². The van der Waals surface area contributed by atoms with E-state index in [0.29, 0.717) is 11.8 Å². The molecule has 3 rings (SSSR count). The Hall–Kier alpha value is -0.0400. The van der Waals surface area contributed by atoms with Crippen molar-refractivity contribution in [1.29, 1.82) is 0 Å². The van der Waals surface area contributed by atoms with Gasteiger partial charge in [-0.15, -0.1) is 0 Å². The lowest BCUT2D eigenvalue weighted by Gasteiger charge is -2.48. The van der Waals surface area contributed by atoms with Crippen LogP contribution in [-0.4, -0.2) is 11.2 Å². The van der Waals surface area contributed by atoms with Gasteiger partial charge >= 0.3 is 0 Å². The first kappa shape index (κ1) is 26.6. The molecule has 4 atom stereocenters. The second kappa shape index (κ2) is 14.4. The van der Waals surface area contributed by atoms with E-state index in [2.05, 4.69) is 20.8 Å². The molecule has 1 N–H and O–H groups in total. The molecule has 1 heteroatoms. The minimum atomic E-state index is -0.0332. The summed E-state index contributed by atoms with van der Waals surface area (Å²) in [6, 6.07) is 0. The molecule has 188 valence electrons. The van der Waals surface area contributed by atoms with Crippen LogP contribution < -0.4 is 0 Å². The van der Waals surface area contributed by atoms with Crippen LogP contribution >= 0.6 is 0 Å². The van der Waals surface area contributed by atoms with E-state index in [-0.39, 0.29) is 6.10 Å². The summed E-state index contributed by atoms with van der Waals surface area (Å²) in [4.78, 5) is 0. The van der Waals surface area contributed by atoms with Crippen LogP contribution in [0.15, 0.2) is 0 Å². The molecule has 0 saturated heterocycles. The van der Waals surface area contributed by atoms with Gasteiger partial charge in [-0.05, 0) is 54.3 Å². The van der Waals surface area contributed by atoms with Crippen molar-refractivity contribution in [3.63, 3.8) is 0 Å². The van der Waals surface area contributed by atoms with Crippen molar-refractivity contribution in [3.05, 3.63) is 0 Å². The normalized spacial score (nSPS) is 32.6. The number of unbranched alkanes of at least 4 members (excludes halogenated alkanes) is 6. The van der Waals surface area contributed by atoms with Gasteiger partial charge in [0.1, 0.15) is 0 Å². The first-order valence-corrected chi connectivity index (χ1v) is 15.3. The topological polar surface area (TPSA) is 20.2 Å². The average molecular weight is 447 g/mol. The summed E-state index contributed by atoms with van der Waals surface area (Å²) in [6.45, 7) is 7.37. The highest BCUT2D eigenvalue weighted by atomic mass is 16.3. The molecule has 0 aromatic heterocycles. The molecule has 3 aliphatic rings. The summed E-state index contributed by atoms with van der Waals surface area (Å²) in [6.07, 6.45) is 28.3. The molecule has 1 nitrogen and oxygen atoms in total. The number of aliphatic hydroxyl groups excluding tert-OH is 1. The highest BCUT2D eigenvalue weighted by Gasteiger charge is 2.44. The van der Waals surface area contributed by atoms with Crippen LogP contribution in [0, 0.1) is 41.4 Å². The van der Waals surface area contributed by atoms with Crippen molar-refractivity contribution in [2.75, 3.05) is 0 Å². The zero-order chi connectivity index (χ0) is 22.8. The maximum absolute atomic E-state index is 11.7. The molecule has 0 radical (unpaired) electrons. The summed E-state index contributed by atoms with van der Waals surface area (Å²) in [7, 11) is 0. The van der Waals surface area contributed by atoms with Crippen LogP contribution in [0.4, 0.5) is 0 Å². The van der Waals surface area contributed by atoms with E-state index < -0.39 is 0 Å². The van der Waals surface area contributed by atoms with Gasteiger partial charge in [-0.3, -0.25) is 0 Å². The molecule has 0 heterocycles. The fourth-order valence-electron chi connectivity index (χ4n) is 8.16. The van der Waals surface area contributed by atoms with Gasteiger partial charge < -0.3 is 5.11 Å². The molecule has 0 aliphatic heterocycles. The SMILES string of the molecule is CCCCCCCCCC1CC(C(C)C2CCCCC2)C(O)C(C(C)C2CCCCC2)C1. The Labute approximate surface area is 201 Å². The molecule has 0 aromatic carbocycles. The Balaban J connectivity index is 1.58. The summed E-state index contributed by atoms with van der Waals surface area (Å²) >= 11 is 0. The second-order valence-corrected chi connectivity index (χ2v) is 12.6. The Kier molecular flexibility index (Phi) is 11.9. The molecule has 0 spiro atoms. The van der Waals surface area contributed by atoms with Crippen LogP contribution in [0.25, 0.3) is 0 Å². The molecule has 0 amide bonds. The summed E-state index contributed by atoms with van der Waals surface area (Å²) < 4.78 is 0. The Morgan fingerprint density at radius 3 is 1.53 bits per heavy atom. The van der Waals surface area contributed by atoms with E-state index in [0.717, 1.165) is 29.6 Å². The fraction of sp³-hybridized carbons (Fsp3) is 1.00. The van der Waals surface area contributed by atoms with Crippen molar-refractivity contribution in [2.45, 2.75) is 155 Å². The first-order chi connectivity index (χ1) is 15.6. The predicted octanol–water partition coefficient (Wildman–Crippen LogP) is 9.56. The number of aliphatic hydroxyl groups is 1. The lowest BCUT2D eigenvalue weighted by molar-refractivity contribution is -0.0699. The Morgan fingerprint density at radius 2 is 1.06 bits per heavy atom. The molecule has 3 fully saturated rings. The quantitative estimate of drug-likeness (QED) is 0.296. The third-order valence-corrected chi connectivity index (χ3v) is 10.4. The van der Waals surface area contributed by atoms with E-state index in [9.17, 15) is 5.11 Å². The smallest absolute Gasteiger partial charge is 0.0602 e. The van der Waals surface area contributed by atoms with Crippen molar-refractivity contribution >= 4 is 0 Å². The largest absolute Gasteiger partial charge is 0.393 e. The minimum Gasteiger partial charge on any atom is -0.393 e. The predicted molar refractivity (Wildman–Crippen MR) is 140 cm³/mol. The van der Waals surface area contributed by atoms with Crippen molar-refractivity contribution in [1.82, 2.24) is 0 Å². The fourth-order valence-corrected chi connectivity index (χ4v) is 8.16. The summed E-state index contributed by atoms with van der Waals surface area (Å²) in [5.74, 6) is 5.22. The van der Waals surface area contributed by atoms with E-state index >= 15 is 0 Å². The first-order valence-electron chi connectivity index (χ1n) is 15.3. The van der Waals surface area contributed by atoms with Gasteiger partial charge in [-0.1, -0.05) is 136 Å². The van der Waals surface area contributed by atoms with Gasteiger partial charge in [-0.25, -0.2) is 0 Å². The van der Waals surface area contributed by atoms with E-state index in [1.165, 1.54) is 128 Å². The highest BCUT2D eigenvalue weighted by molar-refractivity contribution is 4.94. The van der Waals surface area contributed by atoms with Crippen LogP contribution in [-0.2, 0) is 0 Å². The second-order valence-electron chi connectivity index (χ2n) is 12.6. The molecule has 32 heavy (non-hydrogen) atoms. The molecule has 4 unspecified atom stereocenters. The number of hydrogen-bond donors (Lipinski definition) is 1. The lowest BCUT2D eigenvalue weighted by atomic mass is 9.59. The molecular formula is C31H58O. The van der Waals surface area contributed by atoms with Crippen LogP contribution in [0.1, 0.15) is 149 Å². The molecule has 3 aliphatic carbocycles. The van der Waals surface area contributed by atoms with Gasteiger partial charge in [0.15, 0.2) is 0 Å².